The Balaban J connectivity index is 1.02. The first-order valence-corrected chi connectivity index (χ1v) is 19.5. The van der Waals surface area contributed by atoms with Crippen molar-refractivity contribution in [3.63, 3.8) is 0 Å². The van der Waals surface area contributed by atoms with Gasteiger partial charge in [0.1, 0.15) is 34.5 Å². The van der Waals surface area contributed by atoms with E-state index in [2.05, 4.69) is 137 Å². The molecule has 8 aromatic carbocycles. The normalized spacial score (nSPS) is 15.0. The van der Waals surface area contributed by atoms with Crippen molar-refractivity contribution in [1.29, 1.82) is 10.5 Å². The van der Waals surface area contributed by atoms with Crippen LogP contribution in [0.15, 0.2) is 161 Å². The van der Waals surface area contributed by atoms with Crippen LogP contribution >= 0.6 is 0 Å². The summed E-state index contributed by atoms with van der Waals surface area (Å²) in [5, 5.41) is 31.5. The number of allylic oxidation sites excluding steroid dienone is 2. The number of fused-ring (bicyclic) bond motifs is 17. The molecular formula is C52H28N4O2. The van der Waals surface area contributed by atoms with Crippen LogP contribution in [0, 0.1) is 22.7 Å². The van der Waals surface area contributed by atoms with Crippen LogP contribution in [-0.4, -0.2) is 10.6 Å². The molecule has 0 spiro atoms. The number of nitrogens with zero attached hydrogens (tertiary/aromatic N) is 4. The maximum absolute atomic E-state index is 10.8. The lowest BCUT2D eigenvalue weighted by molar-refractivity contribution is 0.668. The second-order valence-electron chi connectivity index (χ2n) is 15.3. The van der Waals surface area contributed by atoms with Gasteiger partial charge in [-0.15, -0.1) is 0 Å². The highest BCUT2D eigenvalue weighted by molar-refractivity contribution is 6.24. The van der Waals surface area contributed by atoms with Crippen molar-refractivity contribution in [3.05, 3.63) is 168 Å². The lowest BCUT2D eigenvalue weighted by atomic mass is 9.91. The Morgan fingerprint density at radius 2 is 1.14 bits per heavy atom. The predicted molar refractivity (Wildman–Crippen MR) is 234 cm³/mol. The highest BCUT2D eigenvalue weighted by atomic mass is 16.3. The minimum absolute atomic E-state index is 0.0623. The molecule has 2 aliphatic rings. The number of rotatable bonds is 2. The molecule has 6 heteroatoms. The molecule has 0 N–H and O–H groups in total. The number of anilines is 2. The van der Waals surface area contributed by atoms with Crippen molar-refractivity contribution < 1.29 is 8.83 Å². The Hall–Kier alpha value is -8.06. The molecule has 3 aromatic heterocycles. The zero-order chi connectivity index (χ0) is 38.2. The third-order valence-electron chi connectivity index (χ3n) is 12.5. The van der Waals surface area contributed by atoms with E-state index in [1.807, 2.05) is 36.4 Å². The molecule has 0 radical (unpaired) electrons. The Morgan fingerprint density at radius 3 is 1.88 bits per heavy atom. The fourth-order valence-corrected chi connectivity index (χ4v) is 10.1. The molecule has 13 rings (SSSR count). The average molecular weight is 741 g/mol. The smallest absolute Gasteiger partial charge is 0.145 e. The number of benzene rings is 8. The quantitative estimate of drug-likeness (QED) is 0.165. The van der Waals surface area contributed by atoms with Crippen LogP contribution in [0.3, 0.4) is 0 Å². The summed E-state index contributed by atoms with van der Waals surface area (Å²) in [6.45, 7) is 0. The summed E-state index contributed by atoms with van der Waals surface area (Å²) in [5.41, 5.74) is 11.5. The Kier molecular flexibility index (Phi) is 6.05. The lowest BCUT2D eigenvalue weighted by Gasteiger charge is -2.29. The lowest BCUT2D eigenvalue weighted by Crippen LogP contribution is -2.27. The highest BCUT2D eigenvalue weighted by Crippen LogP contribution is 2.52. The fourth-order valence-electron chi connectivity index (χ4n) is 10.1. The van der Waals surface area contributed by atoms with E-state index in [4.69, 9.17) is 8.83 Å². The second-order valence-corrected chi connectivity index (χ2v) is 15.3. The average Bonchev–Trinajstić information content (AvgIpc) is 4.03. The number of nitriles is 2. The molecule has 6 nitrogen and oxygen atoms in total. The van der Waals surface area contributed by atoms with Gasteiger partial charge in [-0.2, -0.15) is 10.5 Å². The van der Waals surface area contributed by atoms with E-state index in [9.17, 15) is 10.5 Å². The van der Waals surface area contributed by atoms with E-state index < -0.39 is 0 Å². The van der Waals surface area contributed by atoms with E-state index >= 15 is 0 Å². The van der Waals surface area contributed by atoms with E-state index in [0.29, 0.717) is 11.1 Å². The van der Waals surface area contributed by atoms with Crippen LogP contribution in [-0.2, 0) is 0 Å². The minimum Gasteiger partial charge on any atom is -0.455 e. The van der Waals surface area contributed by atoms with Crippen LogP contribution in [0.25, 0.3) is 98.5 Å². The van der Waals surface area contributed by atoms with Gasteiger partial charge in [0.25, 0.3) is 0 Å². The summed E-state index contributed by atoms with van der Waals surface area (Å²) in [6.07, 6.45) is 7.38. The molecule has 1 aliphatic carbocycles. The SMILES string of the molecule is N#Cc1c(C#N)c2cc(-n3c4ccccc4c4c5oc6ccccc6c5ccc43)ccc2c2ccc(N3c4ccc5c(oc6ccccc65)c4C4=CC=CCC43)cc12. The predicted octanol–water partition coefficient (Wildman–Crippen LogP) is 13.5. The minimum atomic E-state index is 0.0623. The first-order chi connectivity index (χ1) is 28.7. The summed E-state index contributed by atoms with van der Waals surface area (Å²) in [6, 6.07) is 51.0. The molecule has 268 valence electrons. The molecule has 0 saturated carbocycles. The highest BCUT2D eigenvalue weighted by Gasteiger charge is 2.38. The van der Waals surface area contributed by atoms with Gasteiger partial charge in [-0.3, -0.25) is 0 Å². The third-order valence-corrected chi connectivity index (χ3v) is 12.5. The zero-order valence-electron chi connectivity index (χ0n) is 30.8. The van der Waals surface area contributed by atoms with Gasteiger partial charge in [0.05, 0.1) is 39.3 Å². The van der Waals surface area contributed by atoms with Gasteiger partial charge >= 0.3 is 0 Å². The number of para-hydroxylation sites is 3. The molecule has 0 saturated heterocycles. The molecule has 58 heavy (non-hydrogen) atoms. The summed E-state index contributed by atoms with van der Waals surface area (Å²) in [7, 11) is 0. The molecule has 1 unspecified atom stereocenters. The summed E-state index contributed by atoms with van der Waals surface area (Å²) in [5.74, 6) is 0. The van der Waals surface area contributed by atoms with E-state index in [1.165, 1.54) is 5.57 Å². The monoisotopic (exact) mass is 740 g/mol. The summed E-state index contributed by atoms with van der Waals surface area (Å²) >= 11 is 0. The zero-order valence-corrected chi connectivity index (χ0v) is 30.8. The third kappa shape index (κ3) is 3.93. The standard InChI is InChI=1S/C52H28N4O2/c53-27-41-39-25-29(55-43-13-5-1-11-37(43)49-45(55)23-21-35-33-9-3-7-15-47(33)57-51(35)49)17-19-31(39)32-20-18-30(26-40(32)42(41)28-54)56-44-14-6-2-12-38(44)50-46(56)24-22-36-34-10-4-8-16-48(34)58-52(36)50/h1-13,15-26,44H,14H2. The van der Waals surface area contributed by atoms with Gasteiger partial charge < -0.3 is 18.3 Å². The van der Waals surface area contributed by atoms with E-state index in [1.54, 1.807) is 0 Å². The number of hydrogen-bond acceptors (Lipinski definition) is 5. The van der Waals surface area contributed by atoms with Crippen molar-refractivity contribution in [3.8, 4) is 17.8 Å². The van der Waals surface area contributed by atoms with Crippen molar-refractivity contribution in [2.24, 2.45) is 0 Å². The first-order valence-electron chi connectivity index (χ1n) is 19.5. The second kappa shape index (κ2) is 11.3. The van der Waals surface area contributed by atoms with E-state index in [-0.39, 0.29) is 6.04 Å². The maximum Gasteiger partial charge on any atom is 0.145 e. The molecule has 0 bridgehead atoms. The van der Waals surface area contributed by atoms with E-state index in [0.717, 1.165) is 116 Å². The number of hydrogen-bond donors (Lipinski definition) is 0. The molecule has 0 fully saturated rings. The van der Waals surface area contributed by atoms with Gasteiger partial charge in [-0.1, -0.05) is 85.0 Å². The summed E-state index contributed by atoms with van der Waals surface area (Å²) < 4.78 is 15.3. The van der Waals surface area contributed by atoms with Crippen LogP contribution < -0.4 is 4.90 Å². The number of furan rings is 2. The first kappa shape index (κ1) is 31.2. The Bertz CT molecular complexity index is 3820. The molecule has 0 amide bonds. The van der Waals surface area contributed by atoms with Gasteiger partial charge in [0.2, 0.25) is 0 Å². The molecular weight excluding hydrogens is 713 g/mol. The Morgan fingerprint density at radius 1 is 0.534 bits per heavy atom. The summed E-state index contributed by atoms with van der Waals surface area (Å²) in [4.78, 5) is 2.37. The van der Waals surface area contributed by atoms with Crippen LogP contribution in [0.2, 0.25) is 0 Å². The Labute approximate surface area is 330 Å². The van der Waals surface area contributed by atoms with Crippen LogP contribution in [0.5, 0.6) is 0 Å². The number of aromatic nitrogens is 1. The van der Waals surface area contributed by atoms with Crippen molar-refractivity contribution >= 4 is 104 Å². The molecule has 1 aliphatic heterocycles. The maximum atomic E-state index is 10.8. The topological polar surface area (TPSA) is 82.0 Å². The molecule has 11 aromatic rings. The van der Waals surface area contributed by atoms with Gasteiger partial charge in [0.15, 0.2) is 0 Å². The van der Waals surface area contributed by atoms with Gasteiger partial charge in [-0.25, -0.2) is 0 Å². The van der Waals surface area contributed by atoms with Crippen molar-refractivity contribution in [2.75, 3.05) is 4.90 Å². The van der Waals surface area contributed by atoms with Gasteiger partial charge in [0, 0.05) is 54.6 Å². The van der Waals surface area contributed by atoms with Gasteiger partial charge in [-0.05, 0) is 89.5 Å². The largest absolute Gasteiger partial charge is 0.455 e. The van der Waals surface area contributed by atoms with Crippen LogP contribution in [0.1, 0.15) is 23.1 Å². The van der Waals surface area contributed by atoms with Crippen molar-refractivity contribution in [2.45, 2.75) is 12.5 Å². The molecule has 1 atom stereocenters. The van der Waals surface area contributed by atoms with Crippen molar-refractivity contribution in [1.82, 2.24) is 4.57 Å². The van der Waals surface area contributed by atoms with Crippen LogP contribution in [0.4, 0.5) is 11.4 Å². The fraction of sp³-hybridized carbons (Fsp3) is 0.0385. The molecule has 4 heterocycles.